The Kier molecular flexibility index (Phi) is 5.99. The highest BCUT2D eigenvalue weighted by atomic mass is 16.5. The summed E-state index contributed by atoms with van der Waals surface area (Å²) in [5, 5.41) is 15.5. The normalized spacial score (nSPS) is 26.0. The van der Waals surface area contributed by atoms with Crippen molar-refractivity contribution in [3.63, 3.8) is 0 Å². The molecule has 1 saturated carbocycles. The number of pyridine rings is 1. The quantitative estimate of drug-likeness (QED) is 0.672. The van der Waals surface area contributed by atoms with Gasteiger partial charge in [-0.2, -0.15) is 0 Å². The zero-order chi connectivity index (χ0) is 17.6. The van der Waals surface area contributed by atoms with Gasteiger partial charge in [0.1, 0.15) is 6.10 Å². The van der Waals surface area contributed by atoms with Crippen LogP contribution in [0.2, 0.25) is 0 Å². The van der Waals surface area contributed by atoms with E-state index in [9.17, 15) is 14.7 Å². The standard InChI is InChI=1S/C18H25N3O4/c22-11-16-15(21-18(24)13-5-8-19-9-6-13)4-3-14(25-16)7-10-20-17(23)12-1-2-12/h5-6,8-9,12,14-16,22H,1-4,7,10-11H2,(H,20,23)(H,21,24)/t14-,15+,16+/m1/s1. The number of rotatable bonds is 7. The Hall–Kier alpha value is -1.99. The van der Waals surface area contributed by atoms with Crippen molar-refractivity contribution in [1.29, 1.82) is 0 Å². The van der Waals surface area contributed by atoms with E-state index in [1.807, 2.05) is 0 Å². The van der Waals surface area contributed by atoms with E-state index in [0.29, 0.717) is 12.1 Å². The summed E-state index contributed by atoms with van der Waals surface area (Å²) in [6, 6.07) is 3.08. The fraction of sp³-hybridized carbons (Fsp3) is 0.611. The van der Waals surface area contributed by atoms with Crippen molar-refractivity contribution in [1.82, 2.24) is 15.6 Å². The van der Waals surface area contributed by atoms with E-state index in [-0.39, 0.29) is 36.5 Å². The molecule has 1 aliphatic heterocycles. The van der Waals surface area contributed by atoms with Crippen molar-refractivity contribution in [2.45, 2.75) is 50.4 Å². The highest BCUT2D eigenvalue weighted by molar-refractivity contribution is 5.94. The van der Waals surface area contributed by atoms with Crippen molar-refractivity contribution in [2.24, 2.45) is 5.92 Å². The molecule has 3 N–H and O–H groups in total. The molecule has 0 spiro atoms. The summed E-state index contributed by atoms with van der Waals surface area (Å²) in [4.78, 5) is 27.8. The highest BCUT2D eigenvalue weighted by Crippen LogP contribution is 2.28. The van der Waals surface area contributed by atoms with Crippen molar-refractivity contribution in [2.75, 3.05) is 13.2 Å². The molecule has 136 valence electrons. The van der Waals surface area contributed by atoms with Gasteiger partial charge in [-0.3, -0.25) is 14.6 Å². The van der Waals surface area contributed by atoms with Gasteiger partial charge >= 0.3 is 0 Å². The number of amides is 2. The lowest BCUT2D eigenvalue weighted by Crippen LogP contribution is -2.51. The molecule has 3 atom stereocenters. The first-order chi connectivity index (χ1) is 12.2. The van der Waals surface area contributed by atoms with Gasteiger partial charge in [-0.05, 0) is 44.2 Å². The first-order valence-electron chi connectivity index (χ1n) is 8.92. The van der Waals surface area contributed by atoms with Crippen LogP contribution in [0.1, 0.15) is 42.5 Å². The van der Waals surface area contributed by atoms with Gasteiger partial charge in [0.25, 0.3) is 5.91 Å². The zero-order valence-corrected chi connectivity index (χ0v) is 14.2. The van der Waals surface area contributed by atoms with Gasteiger partial charge in [-0.15, -0.1) is 0 Å². The van der Waals surface area contributed by atoms with Crippen LogP contribution in [0.4, 0.5) is 0 Å². The van der Waals surface area contributed by atoms with Crippen molar-refractivity contribution in [3.05, 3.63) is 30.1 Å². The van der Waals surface area contributed by atoms with Gasteiger partial charge in [0, 0.05) is 30.4 Å². The third kappa shape index (κ3) is 4.99. The van der Waals surface area contributed by atoms with Gasteiger partial charge in [0.15, 0.2) is 0 Å². The second kappa shape index (κ2) is 8.40. The molecule has 1 aromatic heterocycles. The second-order valence-electron chi connectivity index (χ2n) is 6.73. The number of ether oxygens (including phenoxy) is 1. The molecule has 1 aliphatic carbocycles. The van der Waals surface area contributed by atoms with E-state index in [0.717, 1.165) is 32.1 Å². The molecule has 25 heavy (non-hydrogen) atoms. The lowest BCUT2D eigenvalue weighted by atomic mass is 9.96. The van der Waals surface area contributed by atoms with Crippen LogP contribution in [-0.4, -0.2) is 53.3 Å². The second-order valence-corrected chi connectivity index (χ2v) is 6.73. The van der Waals surface area contributed by atoms with E-state index in [4.69, 9.17) is 4.74 Å². The minimum Gasteiger partial charge on any atom is -0.394 e. The molecular weight excluding hydrogens is 322 g/mol. The predicted octanol–water partition coefficient (Wildman–Crippen LogP) is 0.636. The van der Waals surface area contributed by atoms with E-state index in [1.54, 1.807) is 24.5 Å². The molecule has 0 bridgehead atoms. The summed E-state index contributed by atoms with van der Waals surface area (Å²) in [5.41, 5.74) is 0.539. The average Bonchev–Trinajstić information content (AvgIpc) is 3.48. The maximum absolute atomic E-state index is 12.2. The smallest absolute Gasteiger partial charge is 0.251 e. The lowest BCUT2D eigenvalue weighted by molar-refractivity contribution is -0.122. The Morgan fingerprint density at radius 3 is 2.64 bits per heavy atom. The SMILES string of the molecule is O=C(N[C@H]1CC[C@H](CCNC(=O)C2CC2)O[C@H]1CO)c1ccncc1. The number of carbonyl (C=O) groups is 2. The van der Waals surface area contributed by atoms with E-state index in [2.05, 4.69) is 15.6 Å². The molecule has 2 fully saturated rings. The van der Waals surface area contributed by atoms with Gasteiger partial charge in [0.05, 0.1) is 18.8 Å². The first kappa shape index (κ1) is 17.8. The molecule has 2 amide bonds. The van der Waals surface area contributed by atoms with Crippen molar-refractivity contribution < 1.29 is 19.4 Å². The van der Waals surface area contributed by atoms with E-state index < -0.39 is 6.10 Å². The predicted molar refractivity (Wildman–Crippen MR) is 90.8 cm³/mol. The minimum atomic E-state index is -0.427. The number of aliphatic hydroxyl groups is 1. The molecule has 2 heterocycles. The number of carbonyl (C=O) groups excluding carboxylic acids is 2. The number of aromatic nitrogens is 1. The molecule has 2 aliphatic rings. The molecule has 0 radical (unpaired) electrons. The lowest BCUT2D eigenvalue weighted by Gasteiger charge is -2.36. The molecule has 1 saturated heterocycles. The number of nitrogens with zero attached hydrogens (tertiary/aromatic N) is 1. The van der Waals surface area contributed by atoms with Gasteiger partial charge in [-0.1, -0.05) is 0 Å². The Labute approximate surface area is 147 Å². The van der Waals surface area contributed by atoms with Crippen molar-refractivity contribution in [3.8, 4) is 0 Å². The van der Waals surface area contributed by atoms with E-state index >= 15 is 0 Å². The number of hydrogen-bond acceptors (Lipinski definition) is 5. The van der Waals surface area contributed by atoms with Crippen LogP contribution in [0.5, 0.6) is 0 Å². The largest absolute Gasteiger partial charge is 0.394 e. The summed E-state index contributed by atoms with van der Waals surface area (Å²) in [6.07, 6.45) is 6.95. The monoisotopic (exact) mass is 347 g/mol. The van der Waals surface area contributed by atoms with Crippen molar-refractivity contribution >= 4 is 11.8 Å². The summed E-state index contributed by atoms with van der Waals surface area (Å²) in [5.74, 6) is 0.159. The average molecular weight is 347 g/mol. The summed E-state index contributed by atoms with van der Waals surface area (Å²) in [7, 11) is 0. The molecule has 3 rings (SSSR count). The third-order valence-electron chi connectivity index (χ3n) is 4.77. The topological polar surface area (TPSA) is 101 Å². The van der Waals surface area contributed by atoms with Crippen LogP contribution in [0.3, 0.4) is 0 Å². The molecule has 0 aromatic carbocycles. The Balaban J connectivity index is 1.44. The molecular formula is C18H25N3O4. The number of aliphatic hydroxyl groups excluding tert-OH is 1. The maximum atomic E-state index is 12.2. The fourth-order valence-electron chi connectivity index (χ4n) is 3.11. The van der Waals surface area contributed by atoms with Gasteiger partial charge in [-0.25, -0.2) is 0 Å². The molecule has 1 aromatic rings. The third-order valence-corrected chi connectivity index (χ3v) is 4.77. The zero-order valence-electron chi connectivity index (χ0n) is 14.2. The number of nitrogens with one attached hydrogen (secondary N) is 2. The summed E-state index contributed by atoms with van der Waals surface area (Å²) >= 11 is 0. The Bertz CT molecular complexity index is 591. The molecule has 0 unspecified atom stereocenters. The van der Waals surface area contributed by atoms with Crippen LogP contribution < -0.4 is 10.6 Å². The minimum absolute atomic E-state index is 0.00858. The van der Waals surface area contributed by atoms with Crippen LogP contribution in [-0.2, 0) is 9.53 Å². The summed E-state index contributed by atoms with van der Waals surface area (Å²) < 4.78 is 5.91. The summed E-state index contributed by atoms with van der Waals surface area (Å²) in [6.45, 7) is 0.443. The van der Waals surface area contributed by atoms with Crippen LogP contribution in [0.25, 0.3) is 0 Å². The Morgan fingerprint density at radius 1 is 1.20 bits per heavy atom. The molecule has 7 nitrogen and oxygen atoms in total. The van der Waals surface area contributed by atoms with Gasteiger partial charge in [0.2, 0.25) is 5.91 Å². The fourth-order valence-corrected chi connectivity index (χ4v) is 3.11. The van der Waals surface area contributed by atoms with E-state index in [1.165, 1.54) is 0 Å². The molecule has 7 heteroatoms. The maximum Gasteiger partial charge on any atom is 0.251 e. The number of hydrogen-bond donors (Lipinski definition) is 3. The van der Waals surface area contributed by atoms with Crippen LogP contribution >= 0.6 is 0 Å². The van der Waals surface area contributed by atoms with Crippen LogP contribution in [0.15, 0.2) is 24.5 Å². The Morgan fingerprint density at radius 2 is 1.96 bits per heavy atom. The first-order valence-corrected chi connectivity index (χ1v) is 8.92. The van der Waals surface area contributed by atoms with Crippen LogP contribution in [0, 0.1) is 5.92 Å². The van der Waals surface area contributed by atoms with Gasteiger partial charge < -0.3 is 20.5 Å². The highest BCUT2D eigenvalue weighted by Gasteiger charge is 2.33.